The lowest BCUT2D eigenvalue weighted by Gasteiger charge is -2.31. The number of benzene rings is 1. The summed E-state index contributed by atoms with van der Waals surface area (Å²) in [5, 5.41) is 0. The van der Waals surface area contributed by atoms with Crippen molar-refractivity contribution in [1.29, 1.82) is 0 Å². The van der Waals surface area contributed by atoms with Gasteiger partial charge in [-0.25, -0.2) is 0 Å². The maximum atomic E-state index is 11.0. The summed E-state index contributed by atoms with van der Waals surface area (Å²) < 4.78 is 0. The molecule has 0 aromatic heterocycles. The third kappa shape index (κ3) is 4.51. The van der Waals surface area contributed by atoms with E-state index in [1.807, 2.05) is 24.3 Å². The molecule has 0 unspecified atom stereocenters. The molecule has 0 spiro atoms. The predicted molar refractivity (Wildman–Crippen MR) is 80.5 cm³/mol. The van der Waals surface area contributed by atoms with Crippen molar-refractivity contribution in [2.45, 2.75) is 44.7 Å². The summed E-state index contributed by atoms with van der Waals surface area (Å²) in [6.07, 6.45) is 6.73. The Morgan fingerprint density at radius 3 is 2.32 bits per heavy atom. The summed E-state index contributed by atoms with van der Waals surface area (Å²) in [7, 11) is 2.19. The first-order chi connectivity index (χ1) is 8.66. The van der Waals surface area contributed by atoms with Gasteiger partial charge in [-0.15, -0.1) is 12.4 Å². The molecule has 19 heavy (non-hydrogen) atoms. The number of carbonyl (C=O) groups excluding carboxylic acids is 1. The Balaban J connectivity index is 0.00000180. The van der Waals surface area contributed by atoms with Crippen LogP contribution in [0.3, 0.4) is 0 Å². The molecule has 1 fully saturated rings. The van der Waals surface area contributed by atoms with Gasteiger partial charge in [-0.1, -0.05) is 31.4 Å². The van der Waals surface area contributed by atoms with E-state index < -0.39 is 0 Å². The number of primary amides is 1. The maximum Gasteiger partial charge on any atom is 0.248 e. The molecule has 0 bridgehead atoms. The Morgan fingerprint density at radius 1 is 1.21 bits per heavy atom. The summed E-state index contributed by atoms with van der Waals surface area (Å²) in [6, 6.07) is 8.34. The minimum Gasteiger partial charge on any atom is -0.366 e. The molecule has 1 amide bonds. The Bertz CT molecular complexity index is 399. The molecular formula is C15H23ClN2O. The minimum absolute atomic E-state index is 0. The number of hydrogen-bond acceptors (Lipinski definition) is 2. The SMILES string of the molecule is CN(Cc1ccc(C(N)=O)cc1)C1CCCCC1.Cl. The molecule has 0 atom stereocenters. The number of amides is 1. The van der Waals surface area contributed by atoms with Gasteiger partial charge in [-0.2, -0.15) is 0 Å². The second-order valence-electron chi connectivity index (χ2n) is 5.27. The van der Waals surface area contributed by atoms with Gasteiger partial charge in [-0.05, 0) is 37.6 Å². The fourth-order valence-electron chi connectivity index (χ4n) is 2.71. The topological polar surface area (TPSA) is 46.3 Å². The van der Waals surface area contributed by atoms with Crippen molar-refractivity contribution < 1.29 is 4.79 Å². The van der Waals surface area contributed by atoms with Crippen molar-refractivity contribution in [2.75, 3.05) is 7.05 Å². The van der Waals surface area contributed by atoms with Crippen LogP contribution in [0, 0.1) is 0 Å². The van der Waals surface area contributed by atoms with Gasteiger partial charge >= 0.3 is 0 Å². The monoisotopic (exact) mass is 282 g/mol. The van der Waals surface area contributed by atoms with Gasteiger partial charge in [0.1, 0.15) is 0 Å². The van der Waals surface area contributed by atoms with Crippen LogP contribution in [0.2, 0.25) is 0 Å². The van der Waals surface area contributed by atoms with Gasteiger partial charge in [0.25, 0.3) is 0 Å². The van der Waals surface area contributed by atoms with Crippen molar-refractivity contribution in [1.82, 2.24) is 4.90 Å². The van der Waals surface area contributed by atoms with Crippen molar-refractivity contribution in [3.63, 3.8) is 0 Å². The van der Waals surface area contributed by atoms with E-state index in [4.69, 9.17) is 5.73 Å². The maximum absolute atomic E-state index is 11.0. The van der Waals surface area contributed by atoms with Crippen LogP contribution in [-0.2, 0) is 6.54 Å². The molecule has 1 aliphatic rings. The summed E-state index contributed by atoms with van der Waals surface area (Å²) in [6.45, 7) is 0.948. The molecule has 0 saturated heterocycles. The van der Waals surface area contributed by atoms with Crippen LogP contribution in [-0.4, -0.2) is 23.9 Å². The second kappa shape index (κ2) is 7.51. The van der Waals surface area contributed by atoms with E-state index in [1.54, 1.807) is 0 Å². The molecule has 1 aromatic rings. The lowest BCUT2D eigenvalue weighted by Crippen LogP contribution is -2.32. The number of hydrogen-bond donors (Lipinski definition) is 1. The van der Waals surface area contributed by atoms with Gasteiger partial charge in [-0.3, -0.25) is 9.69 Å². The molecule has 0 heterocycles. The Morgan fingerprint density at radius 2 is 1.79 bits per heavy atom. The Hall–Kier alpha value is -1.06. The van der Waals surface area contributed by atoms with Crippen LogP contribution in [0.25, 0.3) is 0 Å². The van der Waals surface area contributed by atoms with Crippen LogP contribution in [0.1, 0.15) is 48.0 Å². The zero-order chi connectivity index (χ0) is 13.0. The summed E-state index contributed by atoms with van der Waals surface area (Å²) in [5.74, 6) is -0.359. The van der Waals surface area contributed by atoms with Crippen molar-refractivity contribution in [2.24, 2.45) is 5.73 Å². The average molecular weight is 283 g/mol. The van der Waals surface area contributed by atoms with Crippen LogP contribution < -0.4 is 5.73 Å². The summed E-state index contributed by atoms with van der Waals surface area (Å²) in [5.41, 5.74) is 7.06. The third-order valence-corrected chi connectivity index (χ3v) is 3.87. The van der Waals surface area contributed by atoms with Gasteiger partial charge in [0.15, 0.2) is 0 Å². The Labute approximate surface area is 121 Å². The molecule has 106 valence electrons. The number of rotatable bonds is 4. The molecule has 2 N–H and O–H groups in total. The van der Waals surface area contributed by atoms with E-state index in [0.717, 1.165) is 12.6 Å². The van der Waals surface area contributed by atoms with E-state index in [0.29, 0.717) is 5.56 Å². The molecule has 0 radical (unpaired) electrons. The van der Waals surface area contributed by atoms with Crippen LogP contribution in [0.15, 0.2) is 24.3 Å². The van der Waals surface area contributed by atoms with Crippen LogP contribution in [0.5, 0.6) is 0 Å². The Kier molecular flexibility index (Phi) is 6.32. The molecule has 0 aliphatic heterocycles. The van der Waals surface area contributed by atoms with E-state index >= 15 is 0 Å². The first-order valence-corrected chi connectivity index (χ1v) is 6.76. The van der Waals surface area contributed by atoms with Crippen LogP contribution >= 0.6 is 12.4 Å². The van der Waals surface area contributed by atoms with Gasteiger partial charge in [0, 0.05) is 18.2 Å². The average Bonchev–Trinajstić information content (AvgIpc) is 2.40. The first-order valence-electron chi connectivity index (χ1n) is 6.76. The number of nitrogens with zero attached hydrogens (tertiary/aromatic N) is 1. The van der Waals surface area contributed by atoms with Gasteiger partial charge < -0.3 is 5.73 Å². The smallest absolute Gasteiger partial charge is 0.248 e. The highest BCUT2D eigenvalue weighted by molar-refractivity contribution is 5.92. The molecule has 3 nitrogen and oxygen atoms in total. The molecule has 1 aromatic carbocycles. The van der Waals surface area contributed by atoms with Crippen molar-refractivity contribution in [3.8, 4) is 0 Å². The van der Waals surface area contributed by atoms with E-state index in [-0.39, 0.29) is 18.3 Å². The molecule has 1 saturated carbocycles. The fraction of sp³-hybridized carbons (Fsp3) is 0.533. The third-order valence-electron chi connectivity index (χ3n) is 3.87. The van der Waals surface area contributed by atoms with E-state index in [1.165, 1.54) is 37.7 Å². The second-order valence-corrected chi connectivity index (χ2v) is 5.27. The fourth-order valence-corrected chi connectivity index (χ4v) is 2.71. The number of nitrogens with two attached hydrogens (primary N) is 1. The zero-order valence-corrected chi connectivity index (χ0v) is 12.3. The largest absolute Gasteiger partial charge is 0.366 e. The summed E-state index contributed by atoms with van der Waals surface area (Å²) in [4.78, 5) is 13.4. The zero-order valence-electron chi connectivity index (χ0n) is 11.5. The predicted octanol–water partition coefficient (Wildman–Crippen LogP) is 2.97. The highest BCUT2D eigenvalue weighted by atomic mass is 35.5. The summed E-state index contributed by atoms with van der Waals surface area (Å²) >= 11 is 0. The van der Waals surface area contributed by atoms with Crippen LogP contribution in [0.4, 0.5) is 0 Å². The molecule has 2 rings (SSSR count). The van der Waals surface area contributed by atoms with E-state index in [9.17, 15) is 4.79 Å². The number of carbonyl (C=O) groups is 1. The standard InChI is InChI=1S/C15H22N2O.ClH/c1-17(14-5-3-2-4-6-14)11-12-7-9-13(10-8-12)15(16)18;/h7-10,14H,2-6,11H2,1H3,(H2,16,18);1H. The van der Waals surface area contributed by atoms with Gasteiger partial charge in [0.05, 0.1) is 0 Å². The highest BCUT2D eigenvalue weighted by Crippen LogP contribution is 2.22. The van der Waals surface area contributed by atoms with Crippen molar-refractivity contribution >= 4 is 18.3 Å². The normalized spacial score (nSPS) is 16.1. The number of halogens is 1. The van der Waals surface area contributed by atoms with Gasteiger partial charge in [0.2, 0.25) is 5.91 Å². The quantitative estimate of drug-likeness (QED) is 0.923. The minimum atomic E-state index is -0.359. The molecule has 1 aliphatic carbocycles. The molecule has 4 heteroatoms. The highest BCUT2D eigenvalue weighted by Gasteiger charge is 2.17. The lowest BCUT2D eigenvalue weighted by molar-refractivity contribution is 0.100. The van der Waals surface area contributed by atoms with E-state index in [2.05, 4.69) is 11.9 Å². The lowest BCUT2D eigenvalue weighted by atomic mass is 9.94. The molecular weight excluding hydrogens is 260 g/mol. The van der Waals surface area contributed by atoms with Crippen molar-refractivity contribution in [3.05, 3.63) is 35.4 Å². The first kappa shape index (κ1) is 16.0.